The van der Waals surface area contributed by atoms with E-state index in [0.717, 1.165) is 27.6 Å². The Morgan fingerprint density at radius 2 is 1.89 bits per heavy atom. The van der Waals surface area contributed by atoms with Crippen molar-refractivity contribution in [2.45, 2.75) is 0 Å². The SMILES string of the molecule is COCCNc1nc2cc(OC)c(OC)cc2s1. The van der Waals surface area contributed by atoms with E-state index >= 15 is 0 Å². The Kier molecular flexibility index (Phi) is 4.22. The number of fused-ring (bicyclic) bond motifs is 1. The molecule has 0 radical (unpaired) electrons. The molecule has 1 N–H and O–H groups in total. The Hall–Kier alpha value is -1.53. The number of hydrogen-bond acceptors (Lipinski definition) is 6. The third kappa shape index (κ3) is 2.65. The normalized spacial score (nSPS) is 10.6. The highest BCUT2D eigenvalue weighted by molar-refractivity contribution is 7.22. The Labute approximate surface area is 110 Å². The van der Waals surface area contributed by atoms with Gasteiger partial charge in [-0.05, 0) is 0 Å². The second kappa shape index (κ2) is 5.88. The molecule has 0 fully saturated rings. The van der Waals surface area contributed by atoms with Gasteiger partial charge in [0.15, 0.2) is 16.6 Å². The number of rotatable bonds is 6. The van der Waals surface area contributed by atoms with Gasteiger partial charge in [-0.1, -0.05) is 11.3 Å². The van der Waals surface area contributed by atoms with Gasteiger partial charge in [0.1, 0.15) is 0 Å². The molecule has 1 aromatic carbocycles. The molecule has 6 heteroatoms. The summed E-state index contributed by atoms with van der Waals surface area (Å²) in [4.78, 5) is 4.48. The Morgan fingerprint density at radius 3 is 2.56 bits per heavy atom. The van der Waals surface area contributed by atoms with Crippen molar-refractivity contribution in [2.75, 3.05) is 39.8 Å². The smallest absolute Gasteiger partial charge is 0.183 e. The molecule has 5 nitrogen and oxygen atoms in total. The molecule has 0 saturated carbocycles. The average molecular weight is 268 g/mol. The number of aromatic nitrogens is 1. The van der Waals surface area contributed by atoms with Gasteiger partial charge in [0.25, 0.3) is 0 Å². The van der Waals surface area contributed by atoms with E-state index in [-0.39, 0.29) is 0 Å². The molecule has 98 valence electrons. The highest BCUT2D eigenvalue weighted by Crippen LogP contribution is 2.35. The van der Waals surface area contributed by atoms with E-state index in [4.69, 9.17) is 14.2 Å². The molecule has 1 heterocycles. The van der Waals surface area contributed by atoms with Crippen LogP contribution < -0.4 is 14.8 Å². The van der Waals surface area contributed by atoms with Gasteiger partial charge in [-0.15, -0.1) is 0 Å². The molecular formula is C12H16N2O3S. The van der Waals surface area contributed by atoms with Crippen molar-refractivity contribution in [2.24, 2.45) is 0 Å². The maximum atomic E-state index is 5.27. The van der Waals surface area contributed by atoms with E-state index in [1.807, 2.05) is 12.1 Å². The highest BCUT2D eigenvalue weighted by atomic mass is 32.1. The third-order valence-corrected chi connectivity index (χ3v) is 3.45. The van der Waals surface area contributed by atoms with Gasteiger partial charge < -0.3 is 19.5 Å². The lowest BCUT2D eigenvalue weighted by Crippen LogP contribution is -2.06. The minimum atomic E-state index is 0.655. The standard InChI is InChI=1S/C12H16N2O3S/c1-15-5-4-13-12-14-8-6-9(16-2)10(17-3)7-11(8)18-12/h6-7H,4-5H2,1-3H3,(H,13,14). The van der Waals surface area contributed by atoms with Crippen LogP contribution in [0, 0.1) is 0 Å². The summed E-state index contributed by atoms with van der Waals surface area (Å²) >= 11 is 1.58. The van der Waals surface area contributed by atoms with Crippen LogP contribution in [0.1, 0.15) is 0 Å². The van der Waals surface area contributed by atoms with E-state index in [9.17, 15) is 0 Å². The Bertz CT molecular complexity index is 486. The van der Waals surface area contributed by atoms with Crippen LogP contribution in [0.15, 0.2) is 12.1 Å². The van der Waals surface area contributed by atoms with E-state index in [2.05, 4.69) is 10.3 Å². The van der Waals surface area contributed by atoms with Crippen LogP contribution in [0.4, 0.5) is 5.13 Å². The molecule has 0 aliphatic heterocycles. The summed E-state index contributed by atoms with van der Waals surface area (Å²) in [5, 5.41) is 4.08. The lowest BCUT2D eigenvalue weighted by Gasteiger charge is -2.05. The zero-order chi connectivity index (χ0) is 13.0. The number of ether oxygens (including phenoxy) is 3. The molecular weight excluding hydrogens is 252 g/mol. The number of methoxy groups -OCH3 is 3. The molecule has 2 rings (SSSR count). The zero-order valence-electron chi connectivity index (χ0n) is 10.6. The fraction of sp³-hybridized carbons (Fsp3) is 0.417. The summed E-state index contributed by atoms with van der Waals surface area (Å²) in [5.74, 6) is 1.41. The molecule has 18 heavy (non-hydrogen) atoms. The van der Waals surface area contributed by atoms with E-state index in [1.165, 1.54) is 0 Å². The van der Waals surface area contributed by atoms with Gasteiger partial charge in [-0.25, -0.2) is 4.98 Å². The third-order valence-electron chi connectivity index (χ3n) is 2.48. The van der Waals surface area contributed by atoms with Crippen molar-refractivity contribution < 1.29 is 14.2 Å². The molecule has 0 amide bonds. The first-order valence-corrected chi connectivity index (χ1v) is 6.35. The van der Waals surface area contributed by atoms with E-state index < -0.39 is 0 Å². The fourth-order valence-electron chi connectivity index (χ4n) is 1.59. The van der Waals surface area contributed by atoms with Crippen molar-refractivity contribution in [3.05, 3.63) is 12.1 Å². The van der Waals surface area contributed by atoms with Crippen LogP contribution in [0.3, 0.4) is 0 Å². The predicted molar refractivity (Wildman–Crippen MR) is 73.1 cm³/mol. The van der Waals surface area contributed by atoms with Crippen LogP contribution in [0.5, 0.6) is 11.5 Å². The van der Waals surface area contributed by atoms with Gasteiger partial charge in [0.2, 0.25) is 0 Å². The number of anilines is 1. The van der Waals surface area contributed by atoms with Crippen LogP contribution >= 0.6 is 11.3 Å². The molecule has 0 spiro atoms. The lowest BCUT2D eigenvalue weighted by molar-refractivity contribution is 0.211. The van der Waals surface area contributed by atoms with Gasteiger partial charge in [0, 0.05) is 25.8 Å². The second-order valence-corrected chi connectivity index (χ2v) is 4.64. The average Bonchev–Trinajstić information content (AvgIpc) is 2.78. The Morgan fingerprint density at radius 1 is 1.17 bits per heavy atom. The zero-order valence-corrected chi connectivity index (χ0v) is 11.5. The summed E-state index contributed by atoms with van der Waals surface area (Å²) in [6.07, 6.45) is 0. The second-order valence-electron chi connectivity index (χ2n) is 3.61. The number of nitrogens with one attached hydrogen (secondary N) is 1. The number of nitrogens with zero attached hydrogens (tertiary/aromatic N) is 1. The molecule has 0 unspecified atom stereocenters. The van der Waals surface area contributed by atoms with Crippen molar-refractivity contribution in [1.29, 1.82) is 0 Å². The summed E-state index contributed by atoms with van der Waals surface area (Å²) in [5.41, 5.74) is 0.901. The van der Waals surface area contributed by atoms with E-state index in [0.29, 0.717) is 12.4 Å². The molecule has 0 aliphatic carbocycles. The number of thiazole rings is 1. The molecule has 0 aliphatic rings. The minimum absolute atomic E-state index is 0.655. The topological polar surface area (TPSA) is 52.6 Å². The molecule has 2 aromatic rings. The monoisotopic (exact) mass is 268 g/mol. The maximum Gasteiger partial charge on any atom is 0.183 e. The molecule has 0 atom stereocenters. The molecule has 0 bridgehead atoms. The lowest BCUT2D eigenvalue weighted by atomic mass is 10.3. The van der Waals surface area contributed by atoms with Gasteiger partial charge >= 0.3 is 0 Å². The van der Waals surface area contributed by atoms with Crippen molar-refractivity contribution in [1.82, 2.24) is 4.98 Å². The summed E-state index contributed by atoms with van der Waals surface area (Å²) in [6.45, 7) is 1.40. The summed E-state index contributed by atoms with van der Waals surface area (Å²) < 4.78 is 16.6. The van der Waals surface area contributed by atoms with Gasteiger partial charge in [-0.3, -0.25) is 0 Å². The summed E-state index contributed by atoms with van der Waals surface area (Å²) in [6, 6.07) is 3.82. The first kappa shape index (κ1) is 12.9. The van der Waals surface area contributed by atoms with Crippen LogP contribution in [0.25, 0.3) is 10.2 Å². The minimum Gasteiger partial charge on any atom is -0.493 e. The highest BCUT2D eigenvalue weighted by Gasteiger charge is 2.10. The number of hydrogen-bond donors (Lipinski definition) is 1. The van der Waals surface area contributed by atoms with Crippen molar-refractivity contribution in [3.8, 4) is 11.5 Å². The largest absolute Gasteiger partial charge is 0.493 e. The van der Waals surface area contributed by atoms with E-state index in [1.54, 1.807) is 32.7 Å². The van der Waals surface area contributed by atoms with Crippen LogP contribution in [0.2, 0.25) is 0 Å². The quantitative estimate of drug-likeness (QED) is 0.815. The predicted octanol–water partition coefficient (Wildman–Crippen LogP) is 2.37. The van der Waals surface area contributed by atoms with Gasteiger partial charge in [-0.2, -0.15) is 0 Å². The van der Waals surface area contributed by atoms with Crippen LogP contribution in [-0.4, -0.2) is 39.5 Å². The van der Waals surface area contributed by atoms with Crippen LogP contribution in [-0.2, 0) is 4.74 Å². The Balaban J connectivity index is 2.27. The van der Waals surface area contributed by atoms with Crippen molar-refractivity contribution >= 4 is 26.7 Å². The molecule has 1 aromatic heterocycles. The number of benzene rings is 1. The maximum absolute atomic E-state index is 5.27. The van der Waals surface area contributed by atoms with Gasteiger partial charge in [0.05, 0.1) is 31.0 Å². The summed E-state index contributed by atoms with van der Waals surface area (Å²) in [7, 11) is 4.92. The molecule has 0 saturated heterocycles. The first-order chi connectivity index (χ1) is 8.78. The first-order valence-electron chi connectivity index (χ1n) is 5.54. The fourth-order valence-corrected chi connectivity index (χ4v) is 2.49. The van der Waals surface area contributed by atoms with Crippen molar-refractivity contribution in [3.63, 3.8) is 0 Å².